The molecule has 1 aromatic rings. The molecule has 2 N–H and O–H groups in total. The van der Waals surface area contributed by atoms with Crippen molar-refractivity contribution in [1.82, 2.24) is 0 Å². The van der Waals surface area contributed by atoms with Crippen molar-refractivity contribution in [3.63, 3.8) is 0 Å². The van der Waals surface area contributed by atoms with E-state index in [0.29, 0.717) is 0 Å². The van der Waals surface area contributed by atoms with Gasteiger partial charge >= 0.3 is 0 Å². The molecule has 0 heterocycles. The number of benzene rings is 1. The topological polar surface area (TPSA) is 74.6 Å². The zero-order valence-electron chi connectivity index (χ0n) is 8.95. The van der Waals surface area contributed by atoms with Crippen LogP contribution in [0.3, 0.4) is 0 Å². The van der Waals surface area contributed by atoms with E-state index in [9.17, 15) is 13.5 Å². The molecule has 0 fully saturated rings. The molecule has 1 atom stereocenters. The summed E-state index contributed by atoms with van der Waals surface area (Å²) in [5.74, 6) is -0.0436. The summed E-state index contributed by atoms with van der Waals surface area (Å²) < 4.78 is 24.4. The number of aliphatic hydroxyl groups excluding tert-OH is 1. The number of allylic oxidation sites excluding steroid dienone is 1. The van der Waals surface area contributed by atoms with Gasteiger partial charge in [0, 0.05) is 6.42 Å². The van der Waals surface area contributed by atoms with Gasteiger partial charge in [-0.05, 0) is 30.4 Å². The van der Waals surface area contributed by atoms with Crippen LogP contribution in [0.5, 0.6) is 0 Å². The smallest absolute Gasteiger partial charge is 0.211 e. The van der Waals surface area contributed by atoms with E-state index < -0.39 is 14.8 Å². The van der Waals surface area contributed by atoms with Gasteiger partial charge in [-0.1, -0.05) is 18.2 Å². The molecule has 4 nitrogen and oxygen atoms in total. The number of sulfone groups is 1. The van der Waals surface area contributed by atoms with Crippen molar-refractivity contribution in [2.75, 3.05) is 0 Å². The molecule has 1 aromatic carbocycles. The molecular formula is C12H12O4S. The summed E-state index contributed by atoms with van der Waals surface area (Å²) in [6.45, 7) is 0. The highest BCUT2D eigenvalue weighted by Gasteiger charge is 2.40. The molecule has 2 rings (SSSR count). The minimum atomic E-state index is -3.87. The highest BCUT2D eigenvalue weighted by Crippen LogP contribution is 2.31. The predicted molar refractivity (Wildman–Crippen MR) is 63.0 cm³/mol. The first kappa shape index (κ1) is 11.9. The molecule has 0 bridgehead atoms. The Bertz CT molecular complexity index is 572. The molecule has 0 amide bonds. The van der Waals surface area contributed by atoms with Crippen molar-refractivity contribution in [3.05, 3.63) is 54.3 Å². The maximum absolute atomic E-state index is 12.2. The van der Waals surface area contributed by atoms with Gasteiger partial charge in [-0.15, -0.1) is 0 Å². The molecule has 1 unspecified atom stereocenters. The van der Waals surface area contributed by atoms with Crippen LogP contribution in [0.25, 0.3) is 0 Å². The van der Waals surface area contributed by atoms with Crippen molar-refractivity contribution in [3.8, 4) is 0 Å². The standard InChI is InChI=1S/C12H12O4S/c13-10-6-8-12(14,9-7-10)17(15,16)11-4-2-1-3-5-11/h1-8,13-14H,9H2. The second-order valence-corrected chi connectivity index (χ2v) is 6.01. The maximum atomic E-state index is 12.2. The first-order valence-corrected chi connectivity index (χ1v) is 6.54. The van der Waals surface area contributed by atoms with Crippen LogP contribution in [0.15, 0.2) is 59.2 Å². The number of rotatable bonds is 2. The van der Waals surface area contributed by atoms with Gasteiger partial charge in [0.25, 0.3) is 0 Å². The SMILES string of the molecule is O=S(=O)(c1ccccc1)C1(O)C=CC(O)=CC1. The Hall–Kier alpha value is -1.59. The molecule has 0 aromatic heterocycles. The molecular weight excluding hydrogens is 240 g/mol. The largest absolute Gasteiger partial charge is 0.508 e. The fourth-order valence-electron chi connectivity index (χ4n) is 1.61. The van der Waals surface area contributed by atoms with E-state index in [1.165, 1.54) is 24.3 Å². The monoisotopic (exact) mass is 252 g/mol. The van der Waals surface area contributed by atoms with Gasteiger partial charge in [0.1, 0.15) is 5.76 Å². The van der Waals surface area contributed by atoms with Gasteiger partial charge in [0.05, 0.1) is 4.90 Å². The molecule has 90 valence electrons. The predicted octanol–water partition coefficient (Wildman–Crippen LogP) is 1.55. The van der Waals surface area contributed by atoms with Gasteiger partial charge in [0.2, 0.25) is 9.84 Å². The van der Waals surface area contributed by atoms with Gasteiger partial charge < -0.3 is 10.2 Å². The molecule has 1 aliphatic carbocycles. The van der Waals surface area contributed by atoms with Crippen molar-refractivity contribution in [2.45, 2.75) is 16.2 Å². The average molecular weight is 252 g/mol. The van der Waals surface area contributed by atoms with Crippen LogP contribution in [0.4, 0.5) is 0 Å². The Kier molecular flexibility index (Phi) is 2.81. The van der Waals surface area contributed by atoms with Crippen molar-refractivity contribution in [2.24, 2.45) is 0 Å². The Labute approximate surface area is 99.4 Å². The van der Waals surface area contributed by atoms with Crippen LogP contribution in [0.2, 0.25) is 0 Å². The van der Waals surface area contributed by atoms with Crippen LogP contribution in [0.1, 0.15) is 6.42 Å². The molecule has 0 aliphatic heterocycles. The third-order valence-corrected chi connectivity index (χ3v) is 4.76. The Morgan fingerprint density at radius 2 is 1.82 bits per heavy atom. The van der Waals surface area contributed by atoms with Crippen molar-refractivity contribution >= 4 is 9.84 Å². The summed E-state index contributed by atoms with van der Waals surface area (Å²) in [5, 5.41) is 19.3. The summed E-state index contributed by atoms with van der Waals surface area (Å²) in [6.07, 6.45) is 3.40. The van der Waals surface area contributed by atoms with Crippen LogP contribution < -0.4 is 0 Å². The normalized spacial score (nSPS) is 24.4. The third kappa shape index (κ3) is 1.99. The fourth-order valence-corrected chi connectivity index (χ4v) is 3.08. The van der Waals surface area contributed by atoms with Crippen LogP contribution >= 0.6 is 0 Å². The minimum Gasteiger partial charge on any atom is -0.508 e. The lowest BCUT2D eigenvalue weighted by Gasteiger charge is -2.25. The Balaban J connectivity index is 2.45. The fraction of sp³-hybridized carbons (Fsp3) is 0.167. The lowest BCUT2D eigenvalue weighted by atomic mass is 10.1. The van der Waals surface area contributed by atoms with E-state index in [2.05, 4.69) is 0 Å². The van der Waals surface area contributed by atoms with E-state index in [4.69, 9.17) is 5.11 Å². The van der Waals surface area contributed by atoms with E-state index in [0.717, 1.165) is 6.08 Å². The van der Waals surface area contributed by atoms with Crippen LogP contribution in [-0.2, 0) is 9.84 Å². The lowest BCUT2D eigenvalue weighted by molar-refractivity contribution is 0.172. The first-order chi connectivity index (χ1) is 7.96. The van der Waals surface area contributed by atoms with E-state index in [1.807, 2.05) is 0 Å². The Morgan fingerprint density at radius 3 is 2.35 bits per heavy atom. The van der Waals surface area contributed by atoms with Crippen LogP contribution in [-0.4, -0.2) is 23.6 Å². The van der Waals surface area contributed by atoms with E-state index in [1.54, 1.807) is 18.2 Å². The van der Waals surface area contributed by atoms with Gasteiger partial charge in [-0.3, -0.25) is 0 Å². The van der Waals surface area contributed by atoms with Crippen LogP contribution in [0, 0.1) is 0 Å². The van der Waals surface area contributed by atoms with Crippen molar-refractivity contribution < 1.29 is 18.6 Å². The van der Waals surface area contributed by atoms with Gasteiger partial charge in [-0.25, -0.2) is 8.42 Å². The molecule has 0 saturated carbocycles. The number of hydrogen-bond donors (Lipinski definition) is 2. The third-order valence-electron chi connectivity index (χ3n) is 2.64. The molecule has 0 saturated heterocycles. The van der Waals surface area contributed by atoms with Crippen molar-refractivity contribution in [1.29, 1.82) is 0 Å². The molecule has 5 heteroatoms. The van der Waals surface area contributed by atoms with E-state index >= 15 is 0 Å². The summed E-state index contributed by atoms with van der Waals surface area (Å²) >= 11 is 0. The zero-order valence-corrected chi connectivity index (χ0v) is 9.76. The molecule has 17 heavy (non-hydrogen) atoms. The van der Waals surface area contributed by atoms with Gasteiger partial charge in [0.15, 0.2) is 4.93 Å². The Morgan fingerprint density at radius 1 is 1.18 bits per heavy atom. The van der Waals surface area contributed by atoms with Gasteiger partial charge in [-0.2, -0.15) is 0 Å². The molecule has 0 spiro atoms. The minimum absolute atomic E-state index is 0.0436. The first-order valence-electron chi connectivity index (χ1n) is 5.06. The quantitative estimate of drug-likeness (QED) is 0.837. The zero-order chi connectivity index (χ0) is 12.5. The van der Waals surface area contributed by atoms with E-state index in [-0.39, 0.29) is 17.1 Å². The number of aliphatic hydroxyl groups is 2. The summed E-state index contributed by atoms with van der Waals surface area (Å²) in [5.41, 5.74) is 0. The summed E-state index contributed by atoms with van der Waals surface area (Å²) in [4.78, 5) is -1.93. The lowest BCUT2D eigenvalue weighted by Crippen LogP contribution is -2.37. The second kappa shape index (κ2) is 4.01. The highest BCUT2D eigenvalue weighted by molar-refractivity contribution is 7.92. The summed E-state index contributed by atoms with van der Waals surface area (Å²) in [6, 6.07) is 7.75. The average Bonchev–Trinajstić information content (AvgIpc) is 2.34. The second-order valence-electron chi connectivity index (χ2n) is 3.83. The molecule has 0 radical (unpaired) electrons. The maximum Gasteiger partial charge on any atom is 0.211 e. The molecule has 1 aliphatic rings. The summed E-state index contributed by atoms with van der Waals surface area (Å²) in [7, 11) is -3.87. The number of hydrogen-bond acceptors (Lipinski definition) is 4. The highest BCUT2D eigenvalue weighted by atomic mass is 32.2.